The van der Waals surface area contributed by atoms with Crippen LogP contribution in [-0.4, -0.2) is 8.07 Å². The Bertz CT molecular complexity index is 1360. The van der Waals surface area contributed by atoms with E-state index in [4.69, 9.17) is 0 Å². The number of benzene rings is 3. The molecule has 0 spiro atoms. The van der Waals surface area contributed by atoms with Gasteiger partial charge < -0.3 is 0 Å². The number of aryl methyl sites for hydroxylation is 1. The van der Waals surface area contributed by atoms with Crippen LogP contribution in [0.3, 0.4) is 0 Å². The Hall–Kier alpha value is -3.00. The van der Waals surface area contributed by atoms with Gasteiger partial charge in [0.25, 0.3) is 8.07 Å². The molecule has 0 heterocycles. The predicted octanol–water partition coefficient (Wildman–Crippen LogP) is 9.53. The summed E-state index contributed by atoms with van der Waals surface area (Å²) in [4.78, 5) is 0. The molecule has 41 heavy (non-hydrogen) atoms. The molecule has 0 aliphatic heterocycles. The molecule has 0 aromatic heterocycles. The fourth-order valence-corrected chi connectivity index (χ4v) is 9.37. The maximum absolute atomic E-state index is 3.98. The molecule has 0 N–H and O–H groups in total. The standard InChI is InChI=1S/C40H52Si/c1-11-12-14-17-33-20-22-34(23-21-33)24-26-41(27-25-40(8,9)10,36-18-15-13-16-19-36)39-37(31(4)5)28-35(30(2)3)29-38(39)32(6)7/h13,15-16,18-23,28-32H,11-12,14,17H2,1-10H3. The van der Waals surface area contributed by atoms with Crippen LogP contribution in [0.2, 0.25) is 0 Å². The lowest BCUT2D eigenvalue weighted by atomic mass is 9.89. The molecule has 0 amide bonds. The highest BCUT2D eigenvalue weighted by Crippen LogP contribution is 2.29. The number of unbranched alkanes of at least 4 members (excludes halogenated alkanes) is 2. The lowest BCUT2D eigenvalue weighted by Gasteiger charge is -2.31. The summed E-state index contributed by atoms with van der Waals surface area (Å²) in [6, 6.07) is 24.9. The van der Waals surface area contributed by atoms with Crippen LogP contribution in [0.15, 0.2) is 66.7 Å². The average molecular weight is 561 g/mol. The topological polar surface area (TPSA) is 0 Å². The molecule has 1 atom stereocenters. The Morgan fingerprint density at radius 2 is 1.29 bits per heavy atom. The fourth-order valence-electron chi connectivity index (χ4n) is 5.30. The maximum atomic E-state index is 3.98. The number of hydrogen-bond acceptors (Lipinski definition) is 0. The fraction of sp³-hybridized carbons (Fsp3) is 0.450. The minimum Gasteiger partial charge on any atom is -0.104 e. The van der Waals surface area contributed by atoms with Crippen molar-refractivity contribution in [3.05, 3.63) is 94.5 Å². The molecule has 1 unspecified atom stereocenters. The quantitative estimate of drug-likeness (QED) is 0.139. The maximum Gasteiger partial charge on any atom is 0.276 e. The van der Waals surface area contributed by atoms with Crippen LogP contribution in [0.5, 0.6) is 0 Å². The summed E-state index contributed by atoms with van der Waals surface area (Å²) < 4.78 is 0. The third kappa shape index (κ3) is 8.50. The van der Waals surface area contributed by atoms with Crippen molar-refractivity contribution in [2.24, 2.45) is 5.41 Å². The normalized spacial score (nSPS) is 13.0. The molecule has 216 valence electrons. The van der Waals surface area contributed by atoms with Gasteiger partial charge in [-0.3, -0.25) is 0 Å². The van der Waals surface area contributed by atoms with E-state index in [0.717, 1.165) is 12.0 Å². The predicted molar refractivity (Wildman–Crippen MR) is 184 cm³/mol. The first-order valence-electron chi connectivity index (χ1n) is 15.8. The molecule has 0 saturated heterocycles. The van der Waals surface area contributed by atoms with E-state index in [1.807, 2.05) is 0 Å². The van der Waals surface area contributed by atoms with Gasteiger partial charge >= 0.3 is 0 Å². The van der Waals surface area contributed by atoms with Gasteiger partial charge in [-0.1, -0.05) is 127 Å². The van der Waals surface area contributed by atoms with Crippen LogP contribution in [0.25, 0.3) is 0 Å². The summed E-state index contributed by atoms with van der Waals surface area (Å²) >= 11 is 0. The van der Waals surface area contributed by atoms with Crippen molar-refractivity contribution < 1.29 is 0 Å². The third-order valence-corrected chi connectivity index (χ3v) is 11.3. The van der Waals surface area contributed by atoms with Crippen LogP contribution in [0, 0.1) is 28.3 Å². The van der Waals surface area contributed by atoms with Crippen LogP contribution in [0.4, 0.5) is 0 Å². The molecule has 0 aliphatic carbocycles. The van der Waals surface area contributed by atoms with Crippen molar-refractivity contribution in [1.82, 2.24) is 0 Å². The van der Waals surface area contributed by atoms with Crippen molar-refractivity contribution in [2.75, 3.05) is 0 Å². The van der Waals surface area contributed by atoms with Crippen molar-refractivity contribution in [1.29, 1.82) is 0 Å². The molecule has 0 nitrogen and oxygen atoms in total. The van der Waals surface area contributed by atoms with E-state index in [9.17, 15) is 0 Å². The van der Waals surface area contributed by atoms with Crippen molar-refractivity contribution in [3.8, 4) is 22.9 Å². The molecule has 0 aliphatic rings. The third-order valence-electron chi connectivity index (χ3n) is 7.76. The van der Waals surface area contributed by atoms with Crippen LogP contribution in [-0.2, 0) is 6.42 Å². The van der Waals surface area contributed by atoms with Crippen LogP contribution in [0.1, 0.15) is 134 Å². The zero-order chi connectivity index (χ0) is 30.2. The van der Waals surface area contributed by atoms with Gasteiger partial charge in [0.1, 0.15) is 0 Å². The second-order valence-electron chi connectivity index (χ2n) is 13.6. The molecule has 0 bridgehead atoms. The van der Waals surface area contributed by atoms with E-state index in [2.05, 4.69) is 159 Å². The molecule has 0 radical (unpaired) electrons. The molecule has 0 saturated carbocycles. The lowest BCUT2D eigenvalue weighted by molar-refractivity contribution is 0.571. The molecule has 3 aromatic rings. The first-order valence-corrected chi connectivity index (χ1v) is 17.8. The number of rotatable bonds is 9. The largest absolute Gasteiger partial charge is 0.276 e. The minimum absolute atomic E-state index is 0.122. The first kappa shape index (κ1) is 32.5. The molecule has 3 rings (SSSR count). The summed E-state index contributed by atoms with van der Waals surface area (Å²) in [6.45, 7) is 22.8. The summed E-state index contributed by atoms with van der Waals surface area (Å²) in [5.74, 6) is 8.62. The minimum atomic E-state index is -2.87. The second-order valence-corrected chi connectivity index (χ2v) is 16.6. The first-order chi connectivity index (χ1) is 19.4. The van der Waals surface area contributed by atoms with Crippen molar-refractivity contribution in [2.45, 2.75) is 113 Å². The SMILES string of the molecule is CCCCCc1ccc(C#C[Si](C#CC(C)(C)C)(c2ccccc2)c2c(C(C)C)cc(C(C)C)cc2C(C)C)cc1. The van der Waals surface area contributed by atoms with E-state index in [1.54, 1.807) is 0 Å². The molecule has 1 heteroatoms. The zero-order valence-electron chi connectivity index (χ0n) is 27.4. The van der Waals surface area contributed by atoms with Gasteiger partial charge in [-0.2, -0.15) is 0 Å². The van der Waals surface area contributed by atoms with Gasteiger partial charge in [-0.15, -0.1) is 11.5 Å². The Balaban J connectivity index is 2.41. The zero-order valence-corrected chi connectivity index (χ0v) is 28.4. The van der Waals surface area contributed by atoms with Crippen LogP contribution < -0.4 is 10.4 Å². The molecular weight excluding hydrogens is 509 g/mol. The van der Waals surface area contributed by atoms with Gasteiger partial charge in [0.2, 0.25) is 0 Å². The Morgan fingerprint density at radius 3 is 1.78 bits per heavy atom. The van der Waals surface area contributed by atoms with E-state index in [1.165, 1.54) is 51.9 Å². The van der Waals surface area contributed by atoms with Gasteiger partial charge in [0, 0.05) is 11.0 Å². The summed E-state index contributed by atoms with van der Waals surface area (Å²) in [6.07, 6.45) is 4.92. The van der Waals surface area contributed by atoms with E-state index >= 15 is 0 Å². The molecule has 0 fully saturated rings. The lowest BCUT2D eigenvalue weighted by Crippen LogP contribution is -2.60. The van der Waals surface area contributed by atoms with E-state index in [0.29, 0.717) is 17.8 Å². The summed E-state index contributed by atoms with van der Waals surface area (Å²) in [7, 11) is -2.87. The van der Waals surface area contributed by atoms with Gasteiger partial charge in [0.05, 0.1) is 0 Å². The van der Waals surface area contributed by atoms with E-state index in [-0.39, 0.29) is 5.41 Å². The van der Waals surface area contributed by atoms with E-state index < -0.39 is 8.07 Å². The Kier molecular flexibility index (Phi) is 11.3. The van der Waals surface area contributed by atoms with Gasteiger partial charge in [0.15, 0.2) is 0 Å². The van der Waals surface area contributed by atoms with Crippen LogP contribution >= 0.6 is 0 Å². The monoisotopic (exact) mass is 560 g/mol. The summed E-state index contributed by atoms with van der Waals surface area (Å²) in [5, 5.41) is 2.69. The summed E-state index contributed by atoms with van der Waals surface area (Å²) in [5.41, 5.74) is 14.6. The number of hydrogen-bond donors (Lipinski definition) is 0. The highest BCUT2D eigenvalue weighted by atomic mass is 28.3. The highest BCUT2D eigenvalue weighted by molar-refractivity contribution is 7.14. The smallest absolute Gasteiger partial charge is 0.104 e. The highest BCUT2D eigenvalue weighted by Gasteiger charge is 2.40. The van der Waals surface area contributed by atoms with Crippen molar-refractivity contribution in [3.63, 3.8) is 0 Å². The molecular formula is C40H52Si. The average Bonchev–Trinajstić information content (AvgIpc) is 2.93. The van der Waals surface area contributed by atoms with Gasteiger partial charge in [-0.25, -0.2) is 0 Å². The Labute approximate surface area is 253 Å². The second kappa shape index (κ2) is 14.3. The van der Waals surface area contributed by atoms with Gasteiger partial charge in [-0.05, 0) is 96.1 Å². The molecule has 3 aromatic carbocycles. The Morgan fingerprint density at radius 1 is 0.707 bits per heavy atom. The van der Waals surface area contributed by atoms with Crippen molar-refractivity contribution >= 4 is 18.4 Å².